The van der Waals surface area contributed by atoms with E-state index in [1.54, 1.807) is 13.2 Å². The quantitative estimate of drug-likeness (QED) is 0.257. The van der Waals surface area contributed by atoms with E-state index in [2.05, 4.69) is 90.7 Å². The van der Waals surface area contributed by atoms with Crippen LogP contribution in [-0.4, -0.2) is 17.9 Å². The summed E-state index contributed by atoms with van der Waals surface area (Å²) in [4.78, 5) is 5.13. The number of benzene rings is 2. The number of anilines is 1. The van der Waals surface area contributed by atoms with E-state index >= 15 is 0 Å². The largest absolute Gasteiger partial charge is 1.00 e. The van der Waals surface area contributed by atoms with Gasteiger partial charge in [-0.1, -0.05) is 75.5 Å². The van der Waals surface area contributed by atoms with E-state index in [9.17, 15) is 0 Å². The Morgan fingerprint density at radius 1 is 1.12 bits per heavy atom. The molecule has 0 saturated heterocycles. The van der Waals surface area contributed by atoms with Crippen molar-refractivity contribution < 1.29 is 51.4 Å². The second-order valence-corrected chi connectivity index (χ2v) is 7.73. The summed E-state index contributed by atoms with van der Waals surface area (Å²) in [5, 5.41) is 11.3. The zero-order valence-electron chi connectivity index (χ0n) is 20.4. The van der Waals surface area contributed by atoms with Crippen molar-refractivity contribution in [1.29, 1.82) is 5.41 Å². The molecular weight excluding hydrogens is 447 g/mol. The average Bonchev–Trinajstić information content (AvgIpc) is 3.25. The summed E-state index contributed by atoms with van der Waals surface area (Å²) in [7, 11) is 1.61. The van der Waals surface area contributed by atoms with E-state index in [1.165, 1.54) is 28.1 Å². The van der Waals surface area contributed by atoms with Crippen LogP contribution >= 0.6 is 0 Å². The third-order valence-electron chi connectivity index (χ3n) is 5.55. The van der Waals surface area contributed by atoms with Crippen molar-refractivity contribution in [3.63, 3.8) is 0 Å². The summed E-state index contributed by atoms with van der Waals surface area (Å²) in [6.45, 7) is 12.3. The maximum Gasteiger partial charge on any atom is 1.00 e. The molecule has 0 bridgehead atoms. The number of aromatic amines is 1. The molecular formula is C27H31KN6. The van der Waals surface area contributed by atoms with E-state index in [4.69, 9.17) is 16.9 Å². The van der Waals surface area contributed by atoms with E-state index < -0.39 is 0 Å². The van der Waals surface area contributed by atoms with Gasteiger partial charge in [-0.15, -0.1) is 0 Å². The van der Waals surface area contributed by atoms with Crippen LogP contribution in [0.3, 0.4) is 0 Å². The molecule has 0 atom stereocenters. The number of para-hydroxylation sites is 1. The summed E-state index contributed by atoms with van der Waals surface area (Å²) < 4.78 is 0. The van der Waals surface area contributed by atoms with Crippen LogP contribution in [0.1, 0.15) is 41.2 Å². The SMILES string of the molecule is C=C(N)c1c[nH]c([N-]C)c1C(=N)N.C=C1c2c(C)cccc2C=C(CC)N1c1ccccc1.[K+]. The van der Waals surface area contributed by atoms with Crippen LogP contribution in [0.15, 0.2) is 73.6 Å². The Morgan fingerprint density at radius 3 is 2.35 bits per heavy atom. The molecule has 1 aliphatic rings. The smallest absolute Gasteiger partial charge is 0.468 e. The maximum absolute atomic E-state index is 7.33. The molecule has 2 heterocycles. The molecule has 34 heavy (non-hydrogen) atoms. The fourth-order valence-electron chi connectivity index (χ4n) is 4.01. The molecule has 6 nitrogen and oxygen atoms in total. The Labute approximate surface area is 244 Å². The van der Waals surface area contributed by atoms with E-state index in [0.717, 1.165) is 12.1 Å². The van der Waals surface area contributed by atoms with Crippen LogP contribution in [-0.2, 0) is 0 Å². The fraction of sp³-hybridized carbons (Fsp3) is 0.148. The van der Waals surface area contributed by atoms with Crippen LogP contribution < -0.4 is 67.8 Å². The summed E-state index contributed by atoms with van der Waals surface area (Å²) in [5.41, 5.74) is 19.8. The third kappa shape index (κ3) is 5.74. The monoisotopic (exact) mass is 478 g/mol. The Hall–Kier alpha value is -2.55. The number of rotatable bonds is 5. The molecule has 0 fully saturated rings. The Bertz CT molecular complexity index is 1220. The number of amidine groups is 1. The molecule has 0 spiro atoms. The van der Waals surface area contributed by atoms with Gasteiger partial charge in [0.25, 0.3) is 0 Å². The topological polar surface area (TPSA) is 109 Å². The minimum atomic E-state index is -0.0662. The van der Waals surface area contributed by atoms with Gasteiger partial charge in [-0.3, -0.25) is 5.41 Å². The van der Waals surface area contributed by atoms with Crippen LogP contribution in [0.2, 0.25) is 0 Å². The summed E-state index contributed by atoms with van der Waals surface area (Å²) >= 11 is 0. The molecule has 2 aromatic carbocycles. The van der Waals surface area contributed by atoms with E-state index in [1.807, 2.05) is 6.07 Å². The third-order valence-corrected chi connectivity index (χ3v) is 5.55. The Morgan fingerprint density at radius 2 is 1.79 bits per heavy atom. The predicted molar refractivity (Wildman–Crippen MR) is 141 cm³/mol. The van der Waals surface area contributed by atoms with Crippen molar-refractivity contribution in [3.8, 4) is 0 Å². The van der Waals surface area contributed by atoms with Crippen LogP contribution in [0.5, 0.6) is 0 Å². The van der Waals surface area contributed by atoms with Gasteiger partial charge in [-0.05, 0) is 42.7 Å². The van der Waals surface area contributed by atoms with Crippen LogP contribution in [0.4, 0.5) is 11.5 Å². The molecule has 1 aromatic heterocycles. The second kappa shape index (κ2) is 12.2. The number of hydrogen-bond donors (Lipinski definition) is 4. The first-order chi connectivity index (χ1) is 15.8. The standard InChI is InChI=1S/C19H19N.C8H12N5.K/c1-4-17-13-16-10-8-9-14(2)19(16)15(3)20(17)18-11-6-5-7-12-18;1-4(9)5-3-13-8(12-2)6(5)7(10)11;/h5-13H,3-4H2,1-2H3;3,13H,1,9H2,2H3,(H3,10,11);/q;-1;+1. The number of hydrogen-bond acceptors (Lipinski definition) is 3. The zero-order valence-corrected chi connectivity index (χ0v) is 23.6. The molecule has 0 saturated carbocycles. The number of fused-ring (bicyclic) bond motifs is 1. The van der Waals surface area contributed by atoms with E-state index in [0.29, 0.717) is 22.6 Å². The van der Waals surface area contributed by atoms with Gasteiger partial charge in [-0.25, -0.2) is 0 Å². The first kappa shape index (κ1) is 27.7. The number of nitrogen functional groups attached to an aromatic ring is 1. The number of nitrogens with zero attached hydrogens (tertiary/aromatic N) is 2. The zero-order chi connectivity index (χ0) is 24.1. The first-order valence-corrected chi connectivity index (χ1v) is 10.7. The van der Waals surface area contributed by atoms with Crippen molar-refractivity contribution in [3.05, 3.63) is 107 Å². The van der Waals surface area contributed by atoms with Gasteiger partial charge in [-0.2, -0.15) is 0 Å². The Kier molecular flexibility index (Phi) is 9.97. The van der Waals surface area contributed by atoms with Crippen molar-refractivity contribution in [2.75, 3.05) is 11.9 Å². The maximum atomic E-state index is 7.33. The molecule has 170 valence electrons. The van der Waals surface area contributed by atoms with Gasteiger partial charge < -0.3 is 26.7 Å². The number of H-pyrrole nitrogens is 1. The van der Waals surface area contributed by atoms with Gasteiger partial charge in [0.05, 0.1) is 0 Å². The number of nitrogens with one attached hydrogen (secondary N) is 2. The molecule has 0 radical (unpaired) electrons. The average molecular weight is 479 g/mol. The minimum absolute atomic E-state index is 0. The normalized spacial score (nSPS) is 11.9. The summed E-state index contributed by atoms with van der Waals surface area (Å²) in [5.74, 6) is 0.484. The molecule has 3 aromatic rings. The summed E-state index contributed by atoms with van der Waals surface area (Å²) in [6, 6.07) is 16.9. The second-order valence-electron chi connectivity index (χ2n) is 7.73. The molecule has 4 rings (SSSR count). The van der Waals surface area contributed by atoms with Crippen molar-refractivity contribution in [1.82, 2.24) is 4.98 Å². The van der Waals surface area contributed by atoms with Crippen molar-refractivity contribution in [2.24, 2.45) is 11.5 Å². The molecule has 6 N–H and O–H groups in total. The minimum Gasteiger partial charge on any atom is -0.468 e. The van der Waals surface area contributed by atoms with Crippen molar-refractivity contribution in [2.45, 2.75) is 20.3 Å². The van der Waals surface area contributed by atoms with Crippen molar-refractivity contribution >= 4 is 34.8 Å². The van der Waals surface area contributed by atoms with Gasteiger partial charge in [0.1, 0.15) is 5.84 Å². The Balaban J connectivity index is 0.000000256. The molecule has 0 amide bonds. The fourth-order valence-corrected chi connectivity index (χ4v) is 4.01. The van der Waals surface area contributed by atoms with Gasteiger partial charge >= 0.3 is 51.4 Å². The van der Waals surface area contributed by atoms with Gasteiger partial charge in [0, 0.05) is 39.5 Å². The summed E-state index contributed by atoms with van der Waals surface area (Å²) in [6.07, 6.45) is 4.91. The van der Waals surface area contributed by atoms with E-state index in [-0.39, 0.29) is 57.2 Å². The molecule has 1 aliphatic heterocycles. The van der Waals surface area contributed by atoms with Gasteiger partial charge in [0.2, 0.25) is 0 Å². The van der Waals surface area contributed by atoms with Gasteiger partial charge in [0.15, 0.2) is 0 Å². The first-order valence-electron chi connectivity index (χ1n) is 10.7. The number of aromatic nitrogens is 1. The van der Waals surface area contributed by atoms with Crippen LogP contribution in [0, 0.1) is 12.3 Å². The number of allylic oxidation sites excluding steroid dienone is 1. The molecule has 0 aliphatic carbocycles. The predicted octanol–water partition coefficient (Wildman–Crippen LogP) is 3.10. The molecule has 7 heteroatoms. The number of nitrogens with two attached hydrogens (primary N) is 2. The van der Waals surface area contributed by atoms with Crippen LogP contribution in [0.25, 0.3) is 22.8 Å². The number of aryl methyl sites for hydroxylation is 1. The molecule has 0 unspecified atom stereocenters.